The molecule has 2 N–H and O–H groups in total. The number of aryl methyl sites for hydroxylation is 1. The summed E-state index contributed by atoms with van der Waals surface area (Å²) in [6, 6.07) is 7.59. The fourth-order valence-electron chi connectivity index (χ4n) is 3.76. The Bertz CT molecular complexity index is 1090. The number of urea groups is 1. The van der Waals surface area contributed by atoms with E-state index in [0.29, 0.717) is 46.2 Å². The van der Waals surface area contributed by atoms with Gasteiger partial charge < -0.3 is 29.3 Å². The Hall–Kier alpha value is -3.79. The van der Waals surface area contributed by atoms with Gasteiger partial charge in [-0.3, -0.25) is 4.90 Å². The number of carbonyl (C=O) groups is 3. The molecule has 2 amide bonds. The molecule has 0 spiro atoms. The number of carbonyl (C=O) groups excluding carboxylic acids is 3. The van der Waals surface area contributed by atoms with E-state index in [4.69, 9.17) is 18.6 Å². The molecule has 0 radical (unpaired) electrons. The van der Waals surface area contributed by atoms with Crippen LogP contribution in [0.15, 0.2) is 46.0 Å². The van der Waals surface area contributed by atoms with Gasteiger partial charge in [-0.05, 0) is 44.7 Å². The van der Waals surface area contributed by atoms with Gasteiger partial charge in [0, 0.05) is 12.2 Å². The Kier molecular flexibility index (Phi) is 7.95. The van der Waals surface area contributed by atoms with E-state index in [1.165, 1.54) is 7.11 Å². The Balaban J connectivity index is 1.90. The Morgan fingerprint density at radius 2 is 1.82 bits per heavy atom. The van der Waals surface area contributed by atoms with Crippen molar-refractivity contribution in [3.63, 3.8) is 0 Å². The van der Waals surface area contributed by atoms with Crippen LogP contribution in [0.25, 0.3) is 0 Å². The van der Waals surface area contributed by atoms with Gasteiger partial charge in [0.2, 0.25) is 0 Å². The molecule has 0 aliphatic carbocycles. The maximum absolute atomic E-state index is 12.9. The maximum atomic E-state index is 12.9. The van der Waals surface area contributed by atoms with Gasteiger partial charge in [0.05, 0.1) is 39.0 Å². The van der Waals surface area contributed by atoms with E-state index in [-0.39, 0.29) is 13.2 Å². The second-order valence-corrected chi connectivity index (χ2v) is 7.76. The van der Waals surface area contributed by atoms with E-state index >= 15 is 0 Å². The largest absolute Gasteiger partial charge is 0.497 e. The average molecular weight is 472 g/mol. The topological polar surface area (TPSA) is 119 Å². The summed E-state index contributed by atoms with van der Waals surface area (Å²) in [5.41, 5.74) is 1.79. The second-order valence-electron chi connectivity index (χ2n) is 7.76. The highest BCUT2D eigenvalue weighted by atomic mass is 16.5. The van der Waals surface area contributed by atoms with Crippen molar-refractivity contribution in [2.24, 2.45) is 0 Å². The molecule has 1 aromatic heterocycles. The van der Waals surface area contributed by atoms with E-state index in [1.54, 1.807) is 51.3 Å². The molecule has 1 aromatic carbocycles. The lowest BCUT2D eigenvalue weighted by molar-refractivity contribution is -0.139. The molecule has 2 aromatic rings. The number of amides is 2. The zero-order chi connectivity index (χ0) is 24.8. The van der Waals surface area contributed by atoms with E-state index in [2.05, 4.69) is 10.6 Å². The van der Waals surface area contributed by atoms with Crippen molar-refractivity contribution in [1.29, 1.82) is 0 Å². The highest BCUT2D eigenvalue weighted by molar-refractivity contribution is 5.95. The monoisotopic (exact) mass is 471 g/mol. The molecule has 10 heteroatoms. The number of hydrogen-bond acceptors (Lipinski definition) is 8. The third kappa shape index (κ3) is 5.57. The Morgan fingerprint density at radius 3 is 2.44 bits per heavy atom. The van der Waals surface area contributed by atoms with Crippen molar-refractivity contribution in [2.45, 2.75) is 26.4 Å². The van der Waals surface area contributed by atoms with Crippen LogP contribution < -0.4 is 15.4 Å². The van der Waals surface area contributed by atoms with Gasteiger partial charge in [-0.2, -0.15) is 0 Å². The van der Waals surface area contributed by atoms with E-state index in [0.717, 1.165) is 0 Å². The molecule has 1 aliphatic heterocycles. The molecular weight excluding hydrogens is 442 g/mol. The first-order valence-electron chi connectivity index (χ1n) is 10.7. The summed E-state index contributed by atoms with van der Waals surface area (Å²) in [5, 5.41) is 5.55. The van der Waals surface area contributed by atoms with Gasteiger partial charge in [-0.25, -0.2) is 14.4 Å². The molecule has 0 saturated heterocycles. The lowest BCUT2D eigenvalue weighted by atomic mass is 9.95. The number of methoxy groups -OCH3 is 2. The first-order chi connectivity index (χ1) is 16.3. The van der Waals surface area contributed by atoms with Crippen molar-refractivity contribution in [1.82, 2.24) is 15.5 Å². The van der Waals surface area contributed by atoms with Crippen LogP contribution in [0.1, 0.15) is 40.4 Å². The SMILES string of the molecule is CCOC(=O)C1=C(CN(C)Cc2cc(C(=O)OC)c(C)o2)NC(=O)N[C@@H]1c1ccc(OC)cc1. The summed E-state index contributed by atoms with van der Waals surface area (Å²) in [6.45, 7) is 4.15. The molecule has 0 unspecified atom stereocenters. The van der Waals surface area contributed by atoms with Crippen molar-refractivity contribution >= 4 is 18.0 Å². The van der Waals surface area contributed by atoms with Crippen LogP contribution in [0.4, 0.5) is 4.79 Å². The minimum atomic E-state index is -0.695. The maximum Gasteiger partial charge on any atom is 0.341 e. The normalized spacial score (nSPS) is 15.6. The molecule has 0 saturated carbocycles. The molecule has 182 valence electrons. The van der Waals surface area contributed by atoms with Gasteiger partial charge in [0.15, 0.2) is 0 Å². The summed E-state index contributed by atoms with van der Waals surface area (Å²) in [6.07, 6.45) is 0. The van der Waals surface area contributed by atoms with Gasteiger partial charge >= 0.3 is 18.0 Å². The highest BCUT2D eigenvalue weighted by Crippen LogP contribution is 2.29. The van der Waals surface area contributed by atoms with Crippen LogP contribution >= 0.6 is 0 Å². The van der Waals surface area contributed by atoms with E-state index in [9.17, 15) is 14.4 Å². The molecule has 34 heavy (non-hydrogen) atoms. The van der Waals surface area contributed by atoms with Gasteiger partial charge in [-0.1, -0.05) is 12.1 Å². The minimum Gasteiger partial charge on any atom is -0.497 e. The third-order valence-corrected chi connectivity index (χ3v) is 5.33. The fraction of sp³-hybridized carbons (Fsp3) is 0.375. The zero-order valence-electron chi connectivity index (χ0n) is 19.9. The van der Waals surface area contributed by atoms with Crippen LogP contribution in [0, 0.1) is 6.92 Å². The summed E-state index contributed by atoms with van der Waals surface area (Å²) in [7, 11) is 4.68. The lowest BCUT2D eigenvalue weighted by Crippen LogP contribution is -2.48. The van der Waals surface area contributed by atoms with Crippen LogP contribution in [0.5, 0.6) is 5.75 Å². The molecule has 1 atom stereocenters. The molecule has 0 bridgehead atoms. The number of ether oxygens (including phenoxy) is 3. The summed E-state index contributed by atoms with van der Waals surface area (Å²) < 4.78 is 21.0. The number of hydrogen-bond donors (Lipinski definition) is 2. The van der Waals surface area contributed by atoms with Crippen LogP contribution in [0.3, 0.4) is 0 Å². The number of rotatable bonds is 9. The van der Waals surface area contributed by atoms with Crippen molar-refractivity contribution in [3.8, 4) is 5.75 Å². The van der Waals surface area contributed by atoms with E-state index in [1.807, 2.05) is 11.9 Å². The Labute approximate surface area is 197 Å². The average Bonchev–Trinajstić information content (AvgIpc) is 3.17. The molecule has 2 heterocycles. The molecule has 1 aliphatic rings. The zero-order valence-corrected chi connectivity index (χ0v) is 19.9. The number of esters is 2. The summed E-state index contributed by atoms with van der Waals surface area (Å²) in [4.78, 5) is 39.1. The molecule has 10 nitrogen and oxygen atoms in total. The standard InChI is InChI=1S/C24H29N3O7/c1-6-33-23(29)20-19(13-27(3)12-17-11-18(14(2)34-17)22(28)32-5)25-24(30)26-21(20)15-7-9-16(31-4)10-8-15/h7-11,21H,6,12-13H2,1-5H3,(H2,25,26,30)/t21-/m1/s1. The number of furan rings is 1. The molecule has 3 rings (SSSR count). The molecule has 0 fully saturated rings. The van der Waals surface area contributed by atoms with Crippen molar-refractivity contribution in [3.05, 3.63) is 64.2 Å². The predicted octanol–water partition coefficient (Wildman–Crippen LogP) is 2.69. The number of nitrogens with zero attached hydrogens (tertiary/aromatic N) is 1. The van der Waals surface area contributed by atoms with Crippen LogP contribution in [0.2, 0.25) is 0 Å². The molecular formula is C24H29N3O7. The van der Waals surface area contributed by atoms with Gasteiger partial charge in [0.25, 0.3) is 0 Å². The van der Waals surface area contributed by atoms with Gasteiger partial charge in [0.1, 0.15) is 22.8 Å². The van der Waals surface area contributed by atoms with Gasteiger partial charge in [-0.15, -0.1) is 0 Å². The number of likely N-dealkylation sites (N-methyl/N-ethyl adjacent to an activating group) is 1. The van der Waals surface area contributed by atoms with Crippen LogP contribution in [-0.2, 0) is 20.8 Å². The summed E-state index contributed by atoms with van der Waals surface area (Å²) in [5.74, 6) is 0.657. The first-order valence-corrected chi connectivity index (χ1v) is 10.7. The predicted molar refractivity (Wildman–Crippen MR) is 122 cm³/mol. The van der Waals surface area contributed by atoms with Crippen molar-refractivity contribution in [2.75, 3.05) is 34.4 Å². The Morgan fingerprint density at radius 1 is 1.12 bits per heavy atom. The third-order valence-electron chi connectivity index (χ3n) is 5.33. The highest BCUT2D eigenvalue weighted by Gasteiger charge is 2.34. The number of nitrogens with one attached hydrogen (secondary N) is 2. The fourth-order valence-corrected chi connectivity index (χ4v) is 3.76. The summed E-state index contributed by atoms with van der Waals surface area (Å²) >= 11 is 0. The first kappa shape index (κ1) is 24.8. The smallest absolute Gasteiger partial charge is 0.341 e. The quantitative estimate of drug-likeness (QED) is 0.536. The second kappa shape index (κ2) is 10.9. The van der Waals surface area contributed by atoms with Crippen LogP contribution in [-0.4, -0.2) is 57.3 Å². The van der Waals surface area contributed by atoms with E-state index < -0.39 is 24.0 Å². The van der Waals surface area contributed by atoms with Crippen molar-refractivity contribution < 1.29 is 33.0 Å². The minimum absolute atomic E-state index is 0.191. The number of benzene rings is 1. The lowest BCUT2D eigenvalue weighted by Gasteiger charge is -2.31.